The Hall–Kier alpha value is -1.10. The first-order valence-electron chi connectivity index (χ1n) is 6.79. The van der Waals surface area contributed by atoms with Crippen molar-refractivity contribution >= 4 is 0 Å². The van der Waals surface area contributed by atoms with Gasteiger partial charge in [-0.3, -0.25) is 0 Å². The summed E-state index contributed by atoms with van der Waals surface area (Å²) in [7, 11) is 0. The van der Waals surface area contributed by atoms with E-state index in [1.165, 1.54) is 5.56 Å². The van der Waals surface area contributed by atoms with Crippen molar-refractivity contribution in [3.63, 3.8) is 0 Å². The van der Waals surface area contributed by atoms with E-state index in [0.29, 0.717) is 33.0 Å². The first kappa shape index (κ1) is 17.9. The minimum absolute atomic E-state index is 0.0521. The summed E-state index contributed by atoms with van der Waals surface area (Å²) in [6.45, 7) is 8.56. The smallest absolute Gasteiger partial charge is 0.119 e. The Bertz CT molecular complexity index is 285. The predicted molar refractivity (Wildman–Crippen MR) is 76.7 cm³/mol. The van der Waals surface area contributed by atoms with E-state index in [9.17, 15) is 0 Å². The number of ether oxygens (including phenoxy) is 3. The molecule has 1 aromatic carbocycles. The Labute approximate surface area is 116 Å². The third-order valence-corrected chi connectivity index (χ3v) is 2.13. The van der Waals surface area contributed by atoms with E-state index in [1.54, 1.807) is 0 Å². The van der Waals surface area contributed by atoms with Crippen molar-refractivity contribution in [3.05, 3.63) is 29.8 Å². The van der Waals surface area contributed by atoms with E-state index in [-0.39, 0.29) is 6.61 Å². The lowest BCUT2D eigenvalue weighted by atomic mass is 10.2. The van der Waals surface area contributed by atoms with Crippen LogP contribution in [0.5, 0.6) is 5.75 Å². The Morgan fingerprint density at radius 2 is 1.37 bits per heavy atom. The average molecular weight is 270 g/mol. The fourth-order valence-corrected chi connectivity index (χ4v) is 1.24. The summed E-state index contributed by atoms with van der Waals surface area (Å²) >= 11 is 0. The van der Waals surface area contributed by atoms with Crippen LogP contribution in [-0.2, 0) is 9.47 Å². The molecule has 4 heteroatoms. The van der Waals surface area contributed by atoms with Gasteiger partial charge in [-0.15, -0.1) is 0 Å². The van der Waals surface area contributed by atoms with Crippen LogP contribution < -0.4 is 4.74 Å². The molecule has 1 aromatic rings. The molecule has 0 fully saturated rings. The predicted octanol–water partition coefficient (Wildman–Crippen LogP) is 2.43. The van der Waals surface area contributed by atoms with Crippen LogP contribution in [-0.4, -0.2) is 44.7 Å². The minimum Gasteiger partial charge on any atom is -0.491 e. The second kappa shape index (κ2) is 13.3. The van der Waals surface area contributed by atoms with Gasteiger partial charge >= 0.3 is 0 Å². The number of benzene rings is 1. The molecular formula is C15H26O4. The van der Waals surface area contributed by atoms with Gasteiger partial charge in [-0.05, 0) is 19.1 Å². The average Bonchev–Trinajstić information content (AvgIpc) is 2.46. The number of aryl methyl sites for hydroxylation is 1. The van der Waals surface area contributed by atoms with Crippen molar-refractivity contribution in [2.24, 2.45) is 0 Å². The molecule has 0 radical (unpaired) electrons. The maximum Gasteiger partial charge on any atom is 0.119 e. The highest BCUT2D eigenvalue weighted by molar-refractivity contribution is 5.26. The van der Waals surface area contributed by atoms with Gasteiger partial charge in [0.2, 0.25) is 0 Å². The Morgan fingerprint density at radius 1 is 0.842 bits per heavy atom. The van der Waals surface area contributed by atoms with Crippen molar-refractivity contribution in [1.82, 2.24) is 0 Å². The maximum atomic E-state index is 8.47. The van der Waals surface area contributed by atoms with Gasteiger partial charge < -0.3 is 19.3 Å². The lowest BCUT2D eigenvalue weighted by molar-refractivity contribution is 0.0247. The highest BCUT2D eigenvalue weighted by atomic mass is 16.5. The molecular weight excluding hydrogens is 244 g/mol. The highest BCUT2D eigenvalue weighted by Crippen LogP contribution is 2.10. The molecule has 0 aliphatic rings. The van der Waals surface area contributed by atoms with Gasteiger partial charge in [0.1, 0.15) is 12.4 Å². The normalized spacial score (nSPS) is 9.68. The van der Waals surface area contributed by atoms with Crippen LogP contribution in [0.25, 0.3) is 0 Å². The van der Waals surface area contributed by atoms with E-state index in [4.69, 9.17) is 19.3 Å². The monoisotopic (exact) mass is 270 g/mol. The van der Waals surface area contributed by atoms with Crippen molar-refractivity contribution in [2.75, 3.05) is 39.6 Å². The number of rotatable bonds is 9. The molecule has 0 unspecified atom stereocenters. The maximum absolute atomic E-state index is 8.47. The largest absolute Gasteiger partial charge is 0.491 e. The number of hydrogen-bond donors (Lipinski definition) is 1. The second-order valence-electron chi connectivity index (χ2n) is 3.61. The number of aliphatic hydroxyl groups is 1. The van der Waals surface area contributed by atoms with Gasteiger partial charge in [0.25, 0.3) is 0 Å². The van der Waals surface area contributed by atoms with Crippen molar-refractivity contribution < 1.29 is 19.3 Å². The summed E-state index contributed by atoms with van der Waals surface area (Å²) in [5.41, 5.74) is 1.22. The molecule has 0 bridgehead atoms. The van der Waals surface area contributed by atoms with Crippen molar-refractivity contribution in [3.8, 4) is 5.75 Å². The topological polar surface area (TPSA) is 47.9 Å². The zero-order valence-corrected chi connectivity index (χ0v) is 12.2. The zero-order valence-electron chi connectivity index (χ0n) is 12.2. The van der Waals surface area contributed by atoms with E-state index in [0.717, 1.165) is 5.75 Å². The van der Waals surface area contributed by atoms with E-state index in [1.807, 2.05) is 45.0 Å². The van der Waals surface area contributed by atoms with Gasteiger partial charge in [-0.25, -0.2) is 0 Å². The molecule has 4 nitrogen and oxygen atoms in total. The van der Waals surface area contributed by atoms with Crippen LogP contribution in [0.1, 0.15) is 19.4 Å². The molecule has 19 heavy (non-hydrogen) atoms. The quantitative estimate of drug-likeness (QED) is 0.700. The molecule has 0 heterocycles. The fraction of sp³-hybridized carbons (Fsp3) is 0.600. The van der Waals surface area contributed by atoms with Crippen LogP contribution in [0, 0.1) is 6.92 Å². The third kappa shape index (κ3) is 10.5. The highest BCUT2D eigenvalue weighted by Gasteiger charge is 1.93. The van der Waals surface area contributed by atoms with Crippen LogP contribution in [0.3, 0.4) is 0 Å². The molecule has 0 aliphatic carbocycles. The molecule has 0 aliphatic heterocycles. The van der Waals surface area contributed by atoms with Crippen molar-refractivity contribution in [2.45, 2.75) is 20.8 Å². The lowest BCUT2D eigenvalue weighted by Gasteiger charge is -2.07. The molecule has 0 atom stereocenters. The van der Waals surface area contributed by atoms with Gasteiger partial charge in [-0.2, -0.15) is 0 Å². The Morgan fingerprint density at radius 3 is 1.95 bits per heavy atom. The molecule has 0 amide bonds. The standard InChI is InChI=1S/C13H20O4.C2H6/c1-12-2-4-13(5-3-12)17-11-10-16-9-8-15-7-6-14;1-2/h2-5,14H,6-11H2,1H3;1-2H3. The van der Waals surface area contributed by atoms with Crippen molar-refractivity contribution in [1.29, 1.82) is 0 Å². The Balaban J connectivity index is 0.00000154. The molecule has 0 aromatic heterocycles. The minimum atomic E-state index is 0.0521. The van der Waals surface area contributed by atoms with Crippen LogP contribution in [0.4, 0.5) is 0 Å². The molecule has 110 valence electrons. The Kier molecular flexibility index (Phi) is 12.6. The summed E-state index contributed by atoms with van der Waals surface area (Å²) in [4.78, 5) is 0. The van der Waals surface area contributed by atoms with Crippen LogP contribution in [0.2, 0.25) is 0 Å². The van der Waals surface area contributed by atoms with E-state index < -0.39 is 0 Å². The summed E-state index contributed by atoms with van der Waals surface area (Å²) in [6.07, 6.45) is 0. The molecule has 0 saturated heterocycles. The third-order valence-electron chi connectivity index (χ3n) is 2.13. The zero-order chi connectivity index (χ0) is 14.3. The fourth-order valence-electron chi connectivity index (χ4n) is 1.24. The summed E-state index contributed by atoms with van der Waals surface area (Å²) in [5.74, 6) is 0.857. The van der Waals surface area contributed by atoms with Gasteiger partial charge in [0, 0.05) is 0 Å². The molecule has 0 saturated carbocycles. The van der Waals surface area contributed by atoms with Crippen LogP contribution >= 0.6 is 0 Å². The molecule has 1 N–H and O–H groups in total. The SMILES string of the molecule is CC.Cc1ccc(OCCOCCOCCO)cc1. The summed E-state index contributed by atoms with van der Waals surface area (Å²) < 4.78 is 15.8. The van der Waals surface area contributed by atoms with E-state index in [2.05, 4.69) is 0 Å². The van der Waals surface area contributed by atoms with Gasteiger partial charge in [0.15, 0.2) is 0 Å². The lowest BCUT2D eigenvalue weighted by Crippen LogP contribution is -2.11. The number of hydrogen-bond acceptors (Lipinski definition) is 4. The molecule has 0 spiro atoms. The molecule has 1 rings (SSSR count). The number of aliphatic hydroxyl groups excluding tert-OH is 1. The van der Waals surface area contributed by atoms with Crippen LogP contribution in [0.15, 0.2) is 24.3 Å². The van der Waals surface area contributed by atoms with Gasteiger partial charge in [-0.1, -0.05) is 31.5 Å². The first-order valence-corrected chi connectivity index (χ1v) is 6.79. The van der Waals surface area contributed by atoms with Gasteiger partial charge in [0.05, 0.1) is 33.0 Å². The second-order valence-corrected chi connectivity index (χ2v) is 3.61. The first-order chi connectivity index (χ1) is 9.33. The van der Waals surface area contributed by atoms with E-state index >= 15 is 0 Å². The summed E-state index contributed by atoms with van der Waals surface area (Å²) in [5, 5.41) is 8.47. The summed E-state index contributed by atoms with van der Waals surface area (Å²) in [6, 6.07) is 7.91.